The number of ether oxygens (including phenoxy) is 5. The number of aliphatic hydroxyl groups is 4. The molecule has 0 aromatic heterocycles. The number of nitrogens with zero attached hydrogens (tertiary/aromatic N) is 3. The van der Waals surface area contributed by atoms with Crippen molar-refractivity contribution in [3.05, 3.63) is 98.4 Å². The summed E-state index contributed by atoms with van der Waals surface area (Å²) in [6.07, 6.45) is 3.62. The van der Waals surface area contributed by atoms with Crippen LogP contribution in [-0.2, 0) is 38.1 Å². The molecule has 11 atom stereocenters. The minimum absolute atomic E-state index is 0.0264. The Morgan fingerprint density at radius 3 is 2.37 bits per heavy atom. The summed E-state index contributed by atoms with van der Waals surface area (Å²) in [7, 11) is 5.10. The maximum atomic E-state index is 14.5. The maximum absolute atomic E-state index is 14.5. The lowest BCUT2D eigenvalue weighted by Gasteiger charge is -2.45. The van der Waals surface area contributed by atoms with E-state index in [0.717, 1.165) is 6.54 Å². The molecule has 5 N–H and O–H groups in total. The number of hydrogen-bond acceptors (Lipinski definition) is 17. The molecule has 2 unspecified atom stereocenters. The van der Waals surface area contributed by atoms with E-state index < -0.39 is 100 Å². The van der Waals surface area contributed by atoms with E-state index in [9.17, 15) is 39.6 Å². The Labute approximate surface area is 395 Å². The first-order valence-electron chi connectivity index (χ1n) is 22.9. The number of carbonyl (C=O) groups is 3. The smallest absolute Gasteiger partial charge is 0.306 e. The molecule has 1 saturated heterocycles. The molecule has 3 aliphatic carbocycles. The topological polar surface area (TPSA) is 240 Å². The van der Waals surface area contributed by atoms with Crippen LogP contribution in [0.3, 0.4) is 0 Å². The van der Waals surface area contributed by atoms with Crippen LogP contribution in [0.2, 0.25) is 0 Å². The van der Waals surface area contributed by atoms with Crippen molar-refractivity contribution in [3.63, 3.8) is 0 Å². The zero-order chi connectivity index (χ0) is 49.7. The SMILES string of the molecule is COCCN(C)C1CN(c2cc3oc4c(nc-3c(=O)c2)C2C3=C(O)[C@@]5(C)O/C=C/[C@H](OC)[C@@H](C)[C@@H](OC(C)=O)[C@H](C)[C@H](O)[C@H](C)[C@@H](O)[C@@H](C)/C=C/C=C(/C)C(=O)NC4=C(O)C2C(=O)C(C)=C3O5)C1. The molecule has 4 bridgehead atoms. The van der Waals surface area contributed by atoms with E-state index in [-0.39, 0.29) is 57.1 Å². The van der Waals surface area contributed by atoms with Crippen molar-refractivity contribution < 1.29 is 62.9 Å². The van der Waals surface area contributed by atoms with Gasteiger partial charge in [0.15, 0.2) is 28.8 Å². The van der Waals surface area contributed by atoms with Crippen LogP contribution in [-0.4, -0.2) is 132 Å². The van der Waals surface area contributed by atoms with Gasteiger partial charge >= 0.3 is 11.8 Å². The van der Waals surface area contributed by atoms with E-state index in [1.807, 2.05) is 11.9 Å². The highest BCUT2D eigenvalue weighted by Crippen LogP contribution is 2.56. The third kappa shape index (κ3) is 9.11. The second-order valence-electron chi connectivity index (χ2n) is 18.9. The molecule has 68 heavy (non-hydrogen) atoms. The third-order valence-corrected chi connectivity index (χ3v) is 14.3. The number of amides is 1. The van der Waals surface area contributed by atoms with Gasteiger partial charge in [0.25, 0.3) is 5.91 Å². The van der Waals surface area contributed by atoms with Gasteiger partial charge in [-0.1, -0.05) is 45.9 Å². The number of aromatic nitrogens is 1. The Bertz CT molecular complexity index is 2530. The van der Waals surface area contributed by atoms with Crippen LogP contribution in [0.15, 0.2) is 85.9 Å². The van der Waals surface area contributed by atoms with Gasteiger partial charge in [0.2, 0.25) is 5.43 Å². The lowest BCUT2D eigenvalue weighted by Crippen LogP contribution is -2.59. The fourth-order valence-electron chi connectivity index (χ4n) is 9.87. The summed E-state index contributed by atoms with van der Waals surface area (Å²) in [5.41, 5.74) is -0.0154. The predicted molar refractivity (Wildman–Crippen MR) is 249 cm³/mol. The lowest BCUT2D eigenvalue weighted by atomic mass is 9.69. The zero-order valence-corrected chi connectivity index (χ0v) is 40.4. The van der Waals surface area contributed by atoms with Crippen LogP contribution in [0.4, 0.5) is 5.69 Å². The Hall–Kier alpha value is -5.79. The number of esters is 1. The highest BCUT2D eigenvalue weighted by molar-refractivity contribution is 6.06. The molecule has 0 spiro atoms. The van der Waals surface area contributed by atoms with Crippen LogP contribution in [0, 0.1) is 29.6 Å². The number of anilines is 1. The average Bonchev–Trinajstić information content (AvgIpc) is 3.55. The highest BCUT2D eigenvalue weighted by Gasteiger charge is 2.58. The van der Waals surface area contributed by atoms with Crippen molar-refractivity contribution >= 4 is 29.0 Å². The van der Waals surface area contributed by atoms with E-state index in [1.165, 1.54) is 59.3 Å². The molecule has 18 heteroatoms. The summed E-state index contributed by atoms with van der Waals surface area (Å²) >= 11 is 0. The number of methoxy groups -OCH3 is 2. The number of hydrogen-bond donors (Lipinski definition) is 5. The number of allylic oxidation sites excluding steroid dienone is 5. The summed E-state index contributed by atoms with van der Waals surface area (Å²) in [5, 5.41) is 50.3. The number of nitrogens with one attached hydrogen (secondary N) is 1. The number of rotatable bonds is 7. The number of fused-ring (bicyclic) bond motifs is 2. The molecule has 0 saturated carbocycles. The number of benzene rings is 1. The van der Waals surface area contributed by atoms with Crippen molar-refractivity contribution in [1.82, 2.24) is 15.2 Å². The molecular weight excluding hydrogens is 881 g/mol. The van der Waals surface area contributed by atoms with Crippen molar-refractivity contribution in [2.24, 2.45) is 29.6 Å². The fraction of sp³-hybridized carbons (Fsp3) is 0.540. The second kappa shape index (κ2) is 19.7. The molecule has 368 valence electrons. The number of aliphatic hydroxyl groups excluding tert-OH is 4. The van der Waals surface area contributed by atoms with Gasteiger partial charge in [0.1, 0.15) is 23.3 Å². The summed E-state index contributed by atoms with van der Waals surface area (Å²) in [6, 6.07) is 3.35. The normalized spacial score (nSPS) is 33.4. The number of carbonyl (C=O) groups excluding carboxylic acids is 3. The van der Waals surface area contributed by atoms with Crippen molar-refractivity contribution in [2.45, 2.75) is 97.6 Å². The molecular formula is C50H64N4O14. The van der Waals surface area contributed by atoms with Crippen LogP contribution in [0.1, 0.15) is 72.8 Å². The van der Waals surface area contributed by atoms with Crippen molar-refractivity contribution in [2.75, 3.05) is 52.4 Å². The molecule has 1 amide bonds. The summed E-state index contributed by atoms with van der Waals surface area (Å²) < 4.78 is 35.8. The Kier molecular flexibility index (Phi) is 14.5. The number of likely N-dealkylation sites (N-methyl/N-ethyl adjacent to an activating group) is 1. The van der Waals surface area contributed by atoms with Crippen LogP contribution < -0.4 is 15.6 Å². The zero-order valence-electron chi connectivity index (χ0n) is 40.4. The highest BCUT2D eigenvalue weighted by atomic mass is 16.7. The fourth-order valence-corrected chi connectivity index (χ4v) is 9.87. The third-order valence-electron chi connectivity index (χ3n) is 14.3. The standard InChI is InChI=1S/C50H64N4O14/c1-23-13-12-14-24(2)49(62)52-40-44(60)36-35(39-47(40)67-34-20-30(19-32(56)38(34)51-39)54-21-31(22-54)53(9)16-18-63-10)37-46(28(6)43(36)59)68-50(8,48(37)61)65-17-15-33(64-11)25(3)45(66-29(7)55)27(5)42(58)26(4)41(23)57/h12-15,17,19-20,23,25-27,31,33,35-36,41-42,45,57-58,60-61H,16,18,21-22H2,1-11H3,(H,52,62)/b13-12+,17-15+,24-14-/t23-,25+,26+,27+,33-,35?,36?,41-,42+,45+,50-/m0/s1. The largest absolute Gasteiger partial charge is 0.509 e. The molecule has 7 aliphatic rings. The van der Waals surface area contributed by atoms with Gasteiger partial charge < -0.3 is 58.7 Å². The Balaban J connectivity index is 1.37. The molecule has 4 aliphatic heterocycles. The first-order chi connectivity index (χ1) is 32.1. The maximum Gasteiger partial charge on any atom is 0.306 e. The minimum Gasteiger partial charge on any atom is -0.509 e. The monoisotopic (exact) mass is 944 g/mol. The van der Waals surface area contributed by atoms with E-state index in [4.69, 9.17) is 33.1 Å². The van der Waals surface area contributed by atoms with Gasteiger partial charge in [-0.25, -0.2) is 4.98 Å². The van der Waals surface area contributed by atoms with Gasteiger partial charge in [-0.15, -0.1) is 0 Å². The molecule has 0 aromatic rings. The number of Topliss-reactive ketones (excluding diaryl/α,β-unsaturated/α-hetero) is 1. The summed E-state index contributed by atoms with van der Waals surface area (Å²) in [5.74, 6) is -10.3. The average molecular weight is 945 g/mol. The van der Waals surface area contributed by atoms with Crippen molar-refractivity contribution in [3.8, 4) is 11.5 Å². The van der Waals surface area contributed by atoms with E-state index in [2.05, 4.69) is 10.2 Å². The Morgan fingerprint density at radius 1 is 1.00 bits per heavy atom. The predicted octanol–water partition coefficient (Wildman–Crippen LogP) is 4.64. The van der Waals surface area contributed by atoms with Gasteiger partial charge in [-0.3, -0.25) is 24.1 Å². The van der Waals surface area contributed by atoms with Crippen LogP contribution >= 0.6 is 0 Å². The van der Waals surface area contributed by atoms with Gasteiger partial charge in [0, 0.05) is 106 Å². The quantitative estimate of drug-likeness (QED) is 0.238. The second-order valence-corrected chi connectivity index (χ2v) is 18.9. The molecule has 4 heterocycles. The van der Waals surface area contributed by atoms with Crippen molar-refractivity contribution in [1.29, 1.82) is 0 Å². The van der Waals surface area contributed by atoms with Crippen LogP contribution in [0.25, 0.3) is 17.2 Å². The minimum atomic E-state index is -1.96. The molecule has 0 radical (unpaired) electrons. The van der Waals surface area contributed by atoms with Gasteiger partial charge in [-0.2, -0.15) is 0 Å². The Morgan fingerprint density at radius 2 is 1.71 bits per heavy atom. The van der Waals surface area contributed by atoms with Gasteiger partial charge in [0.05, 0.1) is 54.3 Å². The van der Waals surface area contributed by atoms with Crippen LogP contribution in [0.5, 0.6) is 0 Å². The number of ketones is 1. The van der Waals surface area contributed by atoms with E-state index in [0.29, 0.717) is 25.4 Å². The molecule has 1 fully saturated rings. The van der Waals surface area contributed by atoms with E-state index >= 15 is 0 Å². The molecule has 18 nitrogen and oxygen atoms in total. The molecule has 0 aromatic carbocycles. The van der Waals surface area contributed by atoms with Gasteiger partial charge in [-0.05, 0) is 27.0 Å². The first kappa shape index (κ1) is 50.1. The first-order valence-corrected chi connectivity index (χ1v) is 22.9. The van der Waals surface area contributed by atoms with E-state index in [1.54, 1.807) is 53.0 Å². The summed E-state index contributed by atoms with van der Waals surface area (Å²) in [6.45, 7) is 15.2. The summed E-state index contributed by atoms with van der Waals surface area (Å²) in [4.78, 5) is 64.0. The lowest BCUT2D eigenvalue weighted by molar-refractivity contribution is -0.160. The molecule has 7 rings (SSSR count).